The Morgan fingerprint density at radius 2 is 1.88 bits per heavy atom. The van der Waals surface area contributed by atoms with Gasteiger partial charge < -0.3 is 23.4 Å². The third kappa shape index (κ3) is 7.12. The summed E-state index contributed by atoms with van der Waals surface area (Å²) in [5, 5.41) is 0.328. The second-order valence-electron chi connectivity index (χ2n) is 12.4. The van der Waals surface area contributed by atoms with Gasteiger partial charge in [-0.1, -0.05) is 29.8 Å². The molecule has 8 rings (SSSR count). The first-order chi connectivity index (χ1) is 24.7. The Bertz CT molecular complexity index is 2240. The SMILES string of the molecule is Fc1cc(Cl)ccc1COc1cccc(C2=CCN(Cc3nc4cc(-c5nc(-c6c[nH]c(C(F)(F)F)n6)co5)ccc4n3C[C@@H]3CCO3)CC2)n1. The van der Waals surface area contributed by atoms with E-state index in [-0.39, 0.29) is 30.0 Å². The Balaban J connectivity index is 0.978. The van der Waals surface area contributed by atoms with Crippen molar-refractivity contribution in [1.82, 2.24) is 34.4 Å². The van der Waals surface area contributed by atoms with Crippen molar-refractivity contribution in [3.63, 3.8) is 0 Å². The molecule has 0 bridgehead atoms. The predicted molar refractivity (Wildman–Crippen MR) is 180 cm³/mol. The molecule has 2 aliphatic heterocycles. The fraction of sp³-hybridized carbons (Fsp3) is 0.278. The highest BCUT2D eigenvalue weighted by Gasteiger charge is 2.35. The van der Waals surface area contributed by atoms with E-state index < -0.39 is 17.8 Å². The van der Waals surface area contributed by atoms with Crippen molar-refractivity contribution >= 4 is 28.2 Å². The third-order valence-corrected chi connectivity index (χ3v) is 9.20. The first kappa shape index (κ1) is 33.1. The van der Waals surface area contributed by atoms with Crippen LogP contribution in [0.3, 0.4) is 0 Å². The van der Waals surface area contributed by atoms with Gasteiger partial charge in [-0.05, 0) is 54.8 Å². The first-order valence-corrected chi connectivity index (χ1v) is 16.7. The maximum atomic E-state index is 14.2. The second-order valence-corrected chi connectivity index (χ2v) is 12.8. The van der Waals surface area contributed by atoms with E-state index in [0.717, 1.165) is 60.3 Å². The van der Waals surface area contributed by atoms with Gasteiger partial charge in [0.15, 0.2) is 0 Å². The van der Waals surface area contributed by atoms with Gasteiger partial charge in [0.25, 0.3) is 0 Å². The molecule has 10 nitrogen and oxygen atoms in total. The Kier molecular flexibility index (Phi) is 8.82. The van der Waals surface area contributed by atoms with Crippen LogP contribution in [0, 0.1) is 5.82 Å². The minimum absolute atomic E-state index is 0.0341. The zero-order valence-corrected chi connectivity index (χ0v) is 27.7. The molecule has 2 aliphatic rings. The highest BCUT2D eigenvalue weighted by molar-refractivity contribution is 6.30. The van der Waals surface area contributed by atoms with Crippen molar-refractivity contribution in [2.24, 2.45) is 0 Å². The lowest BCUT2D eigenvalue weighted by Crippen LogP contribution is -2.33. The van der Waals surface area contributed by atoms with Crippen LogP contribution in [-0.4, -0.2) is 60.2 Å². The van der Waals surface area contributed by atoms with Crippen LogP contribution in [0.15, 0.2) is 77.6 Å². The number of ether oxygens (including phenoxy) is 2. The van der Waals surface area contributed by atoms with Gasteiger partial charge in [0.2, 0.25) is 17.6 Å². The Hall–Kier alpha value is -5.05. The van der Waals surface area contributed by atoms with Crippen LogP contribution in [0.5, 0.6) is 5.88 Å². The van der Waals surface area contributed by atoms with Crippen molar-refractivity contribution in [2.75, 3.05) is 19.7 Å². The number of halogens is 5. The minimum atomic E-state index is -4.59. The molecule has 51 heavy (non-hydrogen) atoms. The lowest BCUT2D eigenvalue weighted by molar-refractivity contribution is -0.144. The molecule has 0 spiro atoms. The maximum absolute atomic E-state index is 14.2. The zero-order valence-electron chi connectivity index (χ0n) is 27.0. The number of aromatic amines is 1. The van der Waals surface area contributed by atoms with Gasteiger partial charge in [-0.25, -0.2) is 24.3 Å². The molecule has 6 heterocycles. The van der Waals surface area contributed by atoms with Crippen LogP contribution in [0.2, 0.25) is 5.02 Å². The number of nitrogens with one attached hydrogen (secondary N) is 1. The molecule has 2 aromatic carbocycles. The Morgan fingerprint density at radius 1 is 1.00 bits per heavy atom. The fourth-order valence-electron chi connectivity index (χ4n) is 6.14. The number of H-pyrrole nitrogens is 1. The number of aromatic nitrogens is 6. The average molecular weight is 720 g/mol. The van der Waals surface area contributed by atoms with E-state index in [1.54, 1.807) is 18.2 Å². The second kappa shape index (κ2) is 13.6. The normalized spacial score (nSPS) is 16.7. The van der Waals surface area contributed by atoms with Crippen molar-refractivity contribution < 1.29 is 31.5 Å². The molecule has 1 N–H and O–H groups in total. The molecule has 15 heteroatoms. The molecular weight excluding hydrogens is 690 g/mol. The van der Waals surface area contributed by atoms with Crippen molar-refractivity contribution in [1.29, 1.82) is 0 Å². The number of hydrogen-bond donors (Lipinski definition) is 1. The molecule has 1 saturated heterocycles. The largest absolute Gasteiger partial charge is 0.473 e. The maximum Gasteiger partial charge on any atom is 0.449 e. The van der Waals surface area contributed by atoms with Crippen LogP contribution in [0.4, 0.5) is 17.6 Å². The summed E-state index contributed by atoms with van der Waals surface area (Å²) < 4.78 is 72.7. The molecule has 4 aromatic heterocycles. The number of alkyl halides is 3. The van der Waals surface area contributed by atoms with Crippen LogP contribution in [0.25, 0.3) is 39.4 Å². The van der Waals surface area contributed by atoms with Crippen molar-refractivity contribution in [3.8, 4) is 28.7 Å². The van der Waals surface area contributed by atoms with Crippen LogP contribution < -0.4 is 4.74 Å². The van der Waals surface area contributed by atoms with Crippen molar-refractivity contribution in [3.05, 3.63) is 107 Å². The lowest BCUT2D eigenvalue weighted by atomic mass is 10.0. The number of pyridine rings is 1. The fourth-order valence-corrected chi connectivity index (χ4v) is 6.30. The summed E-state index contributed by atoms with van der Waals surface area (Å²) in [6.45, 7) is 3.52. The highest BCUT2D eigenvalue weighted by Crippen LogP contribution is 2.32. The summed E-state index contributed by atoms with van der Waals surface area (Å²) in [6, 6.07) is 15.7. The number of oxazole rings is 1. The van der Waals surface area contributed by atoms with Gasteiger partial charge in [0.1, 0.15) is 35.9 Å². The summed E-state index contributed by atoms with van der Waals surface area (Å²) in [6.07, 6.45) is 1.85. The summed E-state index contributed by atoms with van der Waals surface area (Å²) in [7, 11) is 0. The number of nitrogens with zero attached hydrogens (tertiary/aromatic N) is 6. The number of hydrogen-bond acceptors (Lipinski definition) is 8. The van der Waals surface area contributed by atoms with E-state index >= 15 is 0 Å². The first-order valence-electron chi connectivity index (χ1n) is 16.3. The predicted octanol–water partition coefficient (Wildman–Crippen LogP) is 7.94. The van der Waals surface area contributed by atoms with Crippen LogP contribution in [-0.2, 0) is 30.6 Å². The highest BCUT2D eigenvalue weighted by atomic mass is 35.5. The topological polar surface area (TPSA) is 107 Å². The monoisotopic (exact) mass is 719 g/mol. The van der Waals surface area contributed by atoms with E-state index in [2.05, 4.69) is 35.5 Å². The van der Waals surface area contributed by atoms with Gasteiger partial charge in [-0.2, -0.15) is 13.2 Å². The number of benzene rings is 2. The molecule has 0 amide bonds. The molecule has 1 fully saturated rings. The van der Waals surface area contributed by atoms with Gasteiger partial charge in [-0.15, -0.1) is 0 Å². The molecule has 1 atom stereocenters. The Morgan fingerprint density at radius 3 is 2.63 bits per heavy atom. The van der Waals surface area contributed by atoms with Gasteiger partial charge >= 0.3 is 6.18 Å². The summed E-state index contributed by atoms with van der Waals surface area (Å²) in [4.78, 5) is 22.1. The Labute approximate surface area is 293 Å². The number of fused-ring (bicyclic) bond motifs is 1. The van der Waals surface area contributed by atoms with Gasteiger partial charge in [0.05, 0.1) is 35.9 Å². The number of imidazole rings is 2. The van der Waals surface area contributed by atoms with E-state index in [1.165, 1.54) is 12.3 Å². The standard InChI is InChI=1S/C36H30ClF4N7O3/c37-24-6-4-23(26(38)15-24)19-50-33-3-1-2-27(44-33)21-8-11-47(12-9-21)18-32-43-28-14-22(5-7-31(28)48(32)17-25-10-13-49-25)34-45-30(20-51-34)29-16-42-35(46-29)36(39,40)41/h1-8,14-16,20,25H,9-13,17-19H2,(H,42,46)/t25-/m0/s1. The van der Waals surface area contributed by atoms with Crippen LogP contribution >= 0.6 is 11.6 Å². The molecule has 0 radical (unpaired) electrons. The average Bonchev–Trinajstić information content (AvgIpc) is 3.85. The van der Waals surface area contributed by atoms with Crippen LogP contribution in [0.1, 0.15) is 35.7 Å². The lowest BCUT2D eigenvalue weighted by Gasteiger charge is -2.29. The smallest absolute Gasteiger partial charge is 0.449 e. The molecule has 6 aromatic rings. The van der Waals surface area contributed by atoms with E-state index in [0.29, 0.717) is 41.7 Å². The van der Waals surface area contributed by atoms with Gasteiger partial charge in [-0.3, -0.25) is 4.90 Å². The van der Waals surface area contributed by atoms with E-state index in [9.17, 15) is 17.6 Å². The van der Waals surface area contributed by atoms with E-state index in [4.69, 9.17) is 30.5 Å². The molecule has 0 aliphatic carbocycles. The number of rotatable bonds is 10. The van der Waals surface area contributed by atoms with E-state index in [1.807, 2.05) is 30.3 Å². The van der Waals surface area contributed by atoms with Gasteiger partial charge in [0, 0.05) is 48.1 Å². The quantitative estimate of drug-likeness (QED) is 0.142. The molecule has 0 saturated carbocycles. The molecule has 0 unspecified atom stereocenters. The molecule has 262 valence electrons. The summed E-state index contributed by atoms with van der Waals surface area (Å²) in [5.41, 5.74) is 4.85. The zero-order chi connectivity index (χ0) is 35.1. The summed E-state index contributed by atoms with van der Waals surface area (Å²) in [5.74, 6) is 0.0236. The third-order valence-electron chi connectivity index (χ3n) is 8.97. The minimum Gasteiger partial charge on any atom is -0.473 e. The molecular formula is C36H30ClF4N7O3. The summed E-state index contributed by atoms with van der Waals surface area (Å²) >= 11 is 5.86. The van der Waals surface area contributed by atoms with Crippen molar-refractivity contribution in [2.45, 2.75) is 44.8 Å².